The fourth-order valence-corrected chi connectivity index (χ4v) is 2.48. The van der Waals surface area contributed by atoms with Gasteiger partial charge >= 0.3 is 0 Å². The molecule has 0 radical (unpaired) electrons. The quantitative estimate of drug-likeness (QED) is 0.729. The van der Waals surface area contributed by atoms with Crippen molar-refractivity contribution in [1.29, 1.82) is 0 Å². The van der Waals surface area contributed by atoms with E-state index in [1.807, 2.05) is 72.8 Å². The SMILES string of the molecule is CN(Cc1ccccc1)C(=O)c1cc(-c2ccccc2)ccn1. The molecule has 114 valence electrons. The van der Waals surface area contributed by atoms with Crippen molar-refractivity contribution in [2.75, 3.05) is 7.05 Å². The van der Waals surface area contributed by atoms with Crippen LogP contribution in [-0.2, 0) is 6.54 Å². The number of hydrogen-bond donors (Lipinski definition) is 0. The monoisotopic (exact) mass is 302 g/mol. The van der Waals surface area contributed by atoms with Gasteiger partial charge < -0.3 is 4.90 Å². The number of hydrogen-bond acceptors (Lipinski definition) is 2. The predicted molar refractivity (Wildman–Crippen MR) is 91.9 cm³/mol. The molecule has 0 bridgehead atoms. The molecule has 0 atom stereocenters. The molecule has 23 heavy (non-hydrogen) atoms. The van der Waals surface area contributed by atoms with Gasteiger partial charge in [-0.25, -0.2) is 0 Å². The average Bonchev–Trinajstić information content (AvgIpc) is 2.63. The van der Waals surface area contributed by atoms with Crippen LogP contribution in [0.25, 0.3) is 11.1 Å². The Morgan fingerprint density at radius 2 is 1.57 bits per heavy atom. The Morgan fingerprint density at radius 1 is 0.913 bits per heavy atom. The van der Waals surface area contributed by atoms with Gasteiger partial charge in [0.15, 0.2) is 0 Å². The Labute approximate surface area is 136 Å². The van der Waals surface area contributed by atoms with Crippen molar-refractivity contribution in [3.63, 3.8) is 0 Å². The van der Waals surface area contributed by atoms with Gasteiger partial charge in [0, 0.05) is 19.8 Å². The first-order valence-electron chi connectivity index (χ1n) is 7.55. The van der Waals surface area contributed by atoms with Crippen molar-refractivity contribution in [3.05, 3.63) is 90.3 Å². The normalized spacial score (nSPS) is 10.3. The summed E-state index contributed by atoms with van der Waals surface area (Å²) in [6.45, 7) is 0.566. The van der Waals surface area contributed by atoms with Crippen LogP contribution >= 0.6 is 0 Å². The van der Waals surface area contributed by atoms with Crippen LogP contribution in [0.15, 0.2) is 79.0 Å². The smallest absolute Gasteiger partial charge is 0.272 e. The summed E-state index contributed by atoms with van der Waals surface area (Å²) in [4.78, 5) is 18.5. The highest BCUT2D eigenvalue weighted by Crippen LogP contribution is 2.19. The van der Waals surface area contributed by atoms with E-state index in [1.54, 1.807) is 18.1 Å². The lowest BCUT2D eigenvalue weighted by Crippen LogP contribution is -2.27. The van der Waals surface area contributed by atoms with E-state index < -0.39 is 0 Å². The Kier molecular flexibility index (Phi) is 4.48. The van der Waals surface area contributed by atoms with Crippen LogP contribution in [0.4, 0.5) is 0 Å². The third-order valence-corrected chi connectivity index (χ3v) is 3.70. The first-order chi connectivity index (χ1) is 11.2. The fourth-order valence-electron chi connectivity index (χ4n) is 2.48. The summed E-state index contributed by atoms with van der Waals surface area (Å²) in [6, 6.07) is 23.7. The predicted octanol–water partition coefficient (Wildman–Crippen LogP) is 4.02. The second-order valence-corrected chi connectivity index (χ2v) is 5.44. The van der Waals surface area contributed by atoms with Gasteiger partial charge in [-0.05, 0) is 28.8 Å². The number of amides is 1. The molecule has 2 aromatic carbocycles. The first-order valence-corrected chi connectivity index (χ1v) is 7.55. The molecule has 0 unspecified atom stereocenters. The molecule has 1 heterocycles. The number of rotatable bonds is 4. The lowest BCUT2D eigenvalue weighted by Gasteiger charge is -2.17. The van der Waals surface area contributed by atoms with Gasteiger partial charge in [0.05, 0.1) is 0 Å². The molecule has 0 aliphatic carbocycles. The maximum Gasteiger partial charge on any atom is 0.272 e. The minimum Gasteiger partial charge on any atom is -0.336 e. The highest BCUT2D eigenvalue weighted by molar-refractivity contribution is 5.93. The Bertz CT molecular complexity index is 785. The molecule has 0 fully saturated rings. The van der Waals surface area contributed by atoms with Gasteiger partial charge in [0.2, 0.25) is 0 Å². The molecule has 0 aliphatic rings. The summed E-state index contributed by atoms with van der Waals surface area (Å²) in [5.74, 6) is -0.0772. The summed E-state index contributed by atoms with van der Waals surface area (Å²) in [5, 5.41) is 0. The van der Waals surface area contributed by atoms with Gasteiger partial charge in [-0.1, -0.05) is 60.7 Å². The molecule has 3 aromatic rings. The van der Waals surface area contributed by atoms with E-state index >= 15 is 0 Å². The number of benzene rings is 2. The van der Waals surface area contributed by atoms with Crippen molar-refractivity contribution >= 4 is 5.91 Å². The topological polar surface area (TPSA) is 33.2 Å². The maximum absolute atomic E-state index is 12.6. The number of carbonyl (C=O) groups excluding carboxylic acids is 1. The summed E-state index contributed by atoms with van der Waals surface area (Å²) in [6.07, 6.45) is 1.69. The van der Waals surface area contributed by atoms with Crippen molar-refractivity contribution in [2.24, 2.45) is 0 Å². The van der Waals surface area contributed by atoms with E-state index in [1.165, 1.54) is 0 Å². The summed E-state index contributed by atoms with van der Waals surface area (Å²) in [5.41, 5.74) is 3.64. The van der Waals surface area contributed by atoms with Gasteiger partial charge in [-0.3, -0.25) is 9.78 Å². The average molecular weight is 302 g/mol. The number of aromatic nitrogens is 1. The van der Waals surface area contributed by atoms with Crippen LogP contribution < -0.4 is 0 Å². The Morgan fingerprint density at radius 3 is 2.26 bits per heavy atom. The maximum atomic E-state index is 12.6. The summed E-state index contributed by atoms with van der Waals surface area (Å²) in [7, 11) is 1.80. The number of carbonyl (C=O) groups is 1. The van der Waals surface area contributed by atoms with Gasteiger partial charge in [-0.15, -0.1) is 0 Å². The molecule has 1 amide bonds. The van der Waals surface area contributed by atoms with Gasteiger partial charge in [0.25, 0.3) is 5.91 Å². The van der Waals surface area contributed by atoms with Crippen LogP contribution in [0.3, 0.4) is 0 Å². The van der Waals surface area contributed by atoms with Crippen LogP contribution in [0.2, 0.25) is 0 Å². The largest absolute Gasteiger partial charge is 0.336 e. The van der Waals surface area contributed by atoms with E-state index in [9.17, 15) is 4.79 Å². The van der Waals surface area contributed by atoms with E-state index in [0.717, 1.165) is 16.7 Å². The number of pyridine rings is 1. The molecule has 3 rings (SSSR count). The molecular weight excluding hydrogens is 284 g/mol. The molecule has 0 aliphatic heterocycles. The van der Waals surface area contributed by atoms with Crippen molar-refractivity contribution < 1.29 is 4.79 Å². The Hall–Kier alpha value is -2.94. The molecule has 1 aromatic heterocycles. The lowest BCUT2D eigenvalue weighted by atomic mass is 10.1. The molecule has 3 heteroatoms. The van der Waals surface area contributed by atoms with Crippen LogP contribution in [0.1, 0.15) is 16.1 Å². The molecule has 0 N–H and O–H groups in total. The Balaban J connectivity index is 1.80. The molecule has 0 saturated carbocycles. The molecule has 0 spiro atoms. The van der Waals surface area contributed by atoms with E-state index in [-0.39, 0.29) is 5.91 Å². The van der Waals surface area contributed by atoms with Gasteiger partial charge in [-0.2, -0.15) is 0 Å². The zero-order chi connectivity index (χ0) is 16.1. The van der Waals surface area contributed by atoms with E-state index in [4.69, 9.17) is 0 Å². The highest BCUT2D eigenvalue weighted by Gasteiger charge is 2.14. The van der Waals surface area contributed by atoms with E-state index in [2.05, 4.69) is 4.98 Å². The minimum absolute atomic E-state index is 0.0772. The van der Waals surface area contributed by atoms with Crippen molar-refractivity contribution in [3.8, 4) is 11.1 Å². The van der Waals surface area contributed by atoms with Crippen LogP contribution in [0, 0.1) is 0 Å². The minimum atomic E-state index is -0.0772. The fraction of sp³-hybridized carbons (Fsp3) is 0.100. The number of nitrogens with zero attached hydrogens (tertiary/aromatic N) is 2. The van der Waals surface area contributed by atoms with Crippen LogP contribution in [-0.4, -0.2) is 22.8 Å². The zero-order valence-corrected chi connectivity index (χ0v) is 13.0. The zero-order valence-electron chi connectivity index (χ0n) is 13.0. The third kappa shape index (κ3) is 3.64. The molecule has 3 nitrogen and oxygen atoms in total. The second-order valence-electron chi connectivity index (χ2n) is 5.44. The summed E-state index contributed by atoms with van der Waals surface area (Å²) < 4.78 is 0. The standard InChI is InChI=1S/C20H18N2O/c1-22(15-16-8-4-2-5-9-16)20(23)19-14-18(12-13-21-19)17-10-6-3-7-11-17/h2-14H,15H2,1H3. The lowest BCUT2D eigenvalue weighted by molar-refractivity contribution is 0.0779. The highest BCUT2D eigenvalue weighted by atomic mass is 16.2. The summed E-state index contributed by atoms with van der Waals surface area (Å²) >= 11 is 0. The first kappa shape index (κ1) is 15.0. The van der Waals surface area contributed by atoms with Crippen molar-refractivity contribution in [1.82, 2.24) is 9.88 Å². The third-order valence-electron chi connectivity index (χ3n) is 3.70. The second kappa shape index (κ2) is 6.88. The molecule has 0 saturated heterocycles. The van der Waals surface area contributed by atoms with E-state index in [0.29, 0.717) is 12.2 Å². The van der Waals surface area contributed by atoms with Crippen molar-refractivity contribution in [2.45, 2.75) is 6.54 Å². The van der Waals surface area contributed by atoms with Gasteiger partial charge in [0.1, 0.15) is 5.69 Å². The van der Waals surface area contributed by atoms with Crippen LogP contribution in [0.5, 0.6) is 0 Å². The molecular formula is C20H18N2O.